The van der Waals surface area contributed by atoms with Gasteiger partial charge in [-0.25, -0.2) is 0 Å². The van der Waals surface area contributed by atoms with Crippen LogP contribution in [0.25, 0.3) is 0 Å². The molecule has 2 rings (SSSR count). The molecule has 1 unspecified atom stereocenters. The maximum Gasteiger partial charge on any atom is 0.248 e. The number of allylic oxidation sites excluding steroid dienone is 9. The SMILES string of the molecule is CCC(CNC(=O)C=C(C)C=CC=C(C)C=CC1=C(C)CCCC1(C)C)Nc1cc(C(N)=O)ccc1O. The summed E-state index contributed by atoms with van der Waals surface area (Å²) in [6.07, 6.45) is 16.3. The molecule has 0 spiro atoms. The first-order chi connectivity index (χ1) is 17.4. The number of aromatic hydroxyl groups is 1. The van der Waals surface area contributed by atoms with Crippen molar-refractivity contribution in [3.8, 4) is 5.75 Å². The standard InChI is InChI=1S/C31H43N3O3/c1-7-25(34-27-19-24(30(32)37)14-16-28(27)35)20-33-29(36)18-22(3)11-8-10-21(2)13-15-26-23(4)12-9-17-31(26,5)6/h8,10-11,13-16,18-19,25,34-35H,7,9,12,17,20H2,1-6H3,(H2,32,37)(H,33,36). The molecule has 6 nitrogen and oxygen atoms in total. The van der Waals surface area contributed by atoms with Gasteiger partial charge in [0.1, 0.15) is 5.75 Å². The minimum absolute atomic E-state index is 0.0168. The monoisotopic (exact) mass is 505 g/mol. The van der Waals surface area contributed by atoms with Crippen molar-refractivity contribution in [1.29, 1.82) is 0 Å². The van der Waals surface area contributed by atoms with Crippen LogP contribution in [-0.4, -0.2) is 29.5 Å². The molecule has 6 heteroatoms. The summed E-state index contributed by atoms with van der Waals surface area (Å²) in [7, 11) is 0. The molecule has 0 saturated carbocycles. The Hall–Kier alpha value is -3.54. The fourth-order valence-corrected chi connectivity index (χ4v) is 4.48. The zero-order chi connectivity index (χ0) is 27.6. The maximum atomic E-state index is 12.4. The summed E-state index contributed by atoms with van der Waals surface area (Å²) >= 11 is 0. The van der Waals surface area contributed by atoms with E-state index in [0.29, 0.717) is 24.2 Å². The van der Waals surface area contributed by atoms with Crippen LogP contribution in [0.4, 0.5) is 5.69 Å². The number of amides is 2. The highest BCUT2D eigenvalue weighted by Crippen LogP contribution is 2.40. The molecular weight excluding hydrogens is 462 g/mol. The topological polar surface area (TPSA) is 104 Å². The van der Waals surface area contributed by atoms with Gasteiger partial charge in [0, 0.05) is 24.2 Å². The smallest absolute Gasteiger partial charge is 0.248 e. The van der Waals surface area contributed by atoms with Crippen molar-refractivity contribution in [3.63, 3.8) is 0 Å². The number of hydrogen-bond donors (Lipinski definition) is 4. The summed E-state index contributed by atoms with van der Waals surface area (Å²) in [4.78, 5) is 23.8. The Morgan fingerprint density at radius 1 is 1.19 bits per heavy atom. The fourth-order valence-electron chi connectivity index (χ4n) is 4.48. The third-order valence-electron chi connectivity index (χ3n) is 6.79. The highest BCUT2D eigenvalue weighted by atomic mass is 16.3. The van der Waals surface area contributed by atoms with E-state index in [9.17, 15) is 14.7 Å². The minimum Gasteiger partial charge on any atom is -0.506 e. The van der Waals surface area contributed by atoms with Gasteiger partial charge in [0.2, 0.25) is 11.8 Å². The molecule has 0 aromatic heterocycles. The Labute approximate surface area is 222 Å². The number of nitrogens with one attached hydrogen (secondary N) is 2. The summed E-state index contributed by atoms with van der Waals surface area (Å²) in [5.74, 6) is -0.747. The highest BCUT2D eigenvalue weighted by Gasteiger charge is 2.26. The van der Waals surface area contributed by atoms with E-state index in [1.165, 1.54) is 48.6 Å². The summed E-state index contributed by atoms with van der Waals surface area (Å²) in [5, 5.41) is 16.1. The number of phenolic OH excluding ortho intramolecular Hbond substituents is 1. The van der Waals surface area contributed by atoms with Crippen LogP contribution in [-0.2, 0) is 4.79 Å². The number of hydrogen-bond acceptors (Lipinski definition) is 4. The Morgan fingerprint density at radius 3 is 2.57 bits per heavy atom. The summed E-state index contributed by atoms with van der Waals surface area (Å²) in [5.41, 5.74) is 11.2. The zero-order valence-electron chi connectivity index (χ0n) is 23.2. The van der Waals surface area contributed by atoms with Crippen molar-refractivity contribution in [2.75, 3.05) is 11.9 Å². The first-order valence-corrected chi connectivity index (χ1v) is 13.0. The first kappa shape index (κ1) is 29.7. The number of primary amides is 1. The van der Waals surface area contributed by atoms with Crippen LogP contribution >= 0.6 is 0 Å². The van der Waals surface area contributed by atoms with E-state index >= 15 is 0 Å². The van der Waals surface area contributed by atoms with E-state index in [-0.39, 0.29) is 23.1 Å². The van der Waals surface area contributed by atoms with E-state index in [1.54, 1.807) is 6.08 Å². The number of anilines is 1. The van der Waals surface area contributed by atoms with E-state index in [1.807, 2.05) is 32.1 Å². The van der Waals surface area contributed by atoms with Crippen LogP contribution in [0.5, 0.6) is 5.75 Å². The predicted octanol–water partition coefficient (Wildman–Crippen LogP) is 6.33. The Bertz CT molecular complexity index is 1140. The molecule has 0 bridgehead atoms. The van der Waals surface area contributed by atoms with Gasteiger partial charge in [0.15, 0.2) is 0 Å². The predicted molar refractivity (Wildman–Crippen MR) is 153 cm³/mol. The van der Waals surface area contributed by atoms with Crippen LogP contribution in [0.2, 0.25) is 0 Å². The lowest BCUT2D eigenvalue weighted by Crippen LogP contribution is -2.35. The van der Waals surface area contributed by atoms with Gasteiger partial charge in [-0.1, -0.05) is 62.3 Å². The van der Waals surface area contributed by atoms with Gasteiger partial charge in [-0.3, -0.25) is 9.59 Å². The van der Waals surface area contributed by atoms with Gasteiger partial charge in [-0.05, 0) is 81.2 Å². The fraction of sp³-hybridized carbons (Fsp3) is 0.419. The molecule has 1 aromatic rings. The van der Waals surface area contributed by atoms with Gasteiger partial charge in [-0.15, -0.1) is 0 Å². The second-order valence-corrected chi connectivity index (χ2v) is 10.5. The van der Waals surface area contributed by atoms with E-state index in [2.05, 4.69) is 50.5 Å². The van der Waals surface area contributed by atoms with Crippen LogP contribution in [0, 0.1) is 5.41 Å². The molecule has 5 N–H and O–H groups in total. The Morgan fingerprint density at radius 2 is 1.92 bits per heavy atom. The lowest BCUT2D eigenvalue weighted by molar-refractivity contribution is -0.116. The van der Waals surface area contributed by atoms with Gasteiger partial charge >= 0.3 is 0 Å². The molecule has 0 fully saturated rings. The molecule has 200 valence electrons. The lowest BCUT2D eigenvalue weighted by Gasteiger charge is -2.32. The van der Waals surface area contributed by atoms with Crippen molar-refractivity contribution in [3.05, 3.63) is 82.5 Å². The number of phenols is 1. The quantitative estimate of drug-likeness (QED) is 0.160. The van der Waals surface area contributed by atoms with Crippen molar-refractivity contribution in [2.45, 2.75) is 73.3 Å². The molecular formula is C31H43N3O3. The number of benzene rings is 1. The molecule has 0 heterocycles. The van der Waals surface area contributed by atoms with Crippen LogP contribution in [0.1, 0.15) is 77.6 Å². The third-order valence-corrected chi connectivity index (χ3v) is 6.79. The van der Waals surface area contributed by atoms with E-state index < -0.39 is 5.91 Å². The van der Waals surface area contributed by atoms with E-state index in [4.69, 9.17) is 5.73 Å². The molecule has 1 aliphatic rings. The second-order valence-electron chi connectivity index (χ2n) is 10.5. The van der Waals surface area contributed by atoms with Gasteiger partial charge in [0.05, 0.1) is 5.69 Å². The van der Waals surface area contributed by atoms with Crippen molar-refractivity contribution < 1.29 is 14.7 Å². The second kappa shape index (κ2) is 13.7. The molecule has 2 amide bonds. The number of rotatable bonds is 11. The highest BCUT2D eigenvalue weighted by molar-refractivity contribution is 5.94. The Balaban J connectivity index is 1.92. The molecule has 0 saturated heterocycles. The largest absolute Gasteiger partial charge is 0.506 e. The summed E-state index contributed by atoms with van der Waals surface area (Å²) < 4.78 is 0. The zero-order valence-corrected chi connectivity index (χ0v) is 23.2. The number of nitrogens with two attached hydrogens (primary N) is 1. The molecule has 1 aliphatic carbocycles. The number of carbonyl (C=O) groups is 2. The molecule has 37 heavy (non-hydrogen) atoms. The normalized spacial score (nSPS) is 17.4. The first-order valence-electron chi connectivity index (χ1n) is 13.0. The van der Waals surface area contributed by atoms with Crippen LogP contribution < -0.4 is 16.4 Å². The van der Waals surface area contributed by atoms with Gasteiger partial charge in [-0.2, -0.15) is 0 Å². The lowest BCUT2D eigenvalue weighted by atomic mass is 9.72. The van der Waals surface area contributed by atoms with Crippen molar-refractivity contribution in [1.82, 2.24) is 5.32 Å². The third kappa shape index (κ3) is 9.45. The van der Waals surface area contributed by atoms with Crippen LogP contribution in [0.15, 0.2) is 76.9 Å². The molecule has 1 aromatic carbocycles. The average molecular weight is 506 g/mol. The molecule has 0 radical (unpaired) electrons. The maximum absolute atomic E-state index is 12.4. The molecule has 1 atom stereocenters. The summed E-state index contributed by atoms with van der Waals surface area (Å²) in [6.45, 7) is 13.2. The molecule has 0 aliphatic heterocycles. The van der Waals surface area contributed by atoms with Crippen LogP contribution in [0.3, 0.4) is 0 Å². The van der Waals surface area contributed by atoms with Gasteiger partial charge in [0.25, 0.3) is 0 Å². The van der Waals surface area contributed by atoms with E-state index in [0.717, 1.165) is 11.1 Å². The summed E-state index contributed by atoms with van der Waals surface area (Å²) in [6, 6.07) is 4.27. The van der Waals surface area contributed by atoms with Gasteiger partial charge < -0.3 is 21.5 Å². The number of carbonyl (C=O) groups excluding carboxylic acids is 2. The van der Waals surface area contributed by atoms with Crippen molar-refractivity contribution in [2.24, 2.45) is 11.1 Å². The average Bonchev–Trinajstić information content (AvgIpc) is 2.81. The minimum atomic E-state index is -0.570. The Kier molecular flexibility index (Phi) is 11.0. The van der Waals surface area contributed by atoms with Crippen molar-refractivity contribution >= 4 is 17.5 Å².